The van der Waals surface area contributed by atoms with Crippen LogP contribution in [0.4, 0.5) is 0 Å². The van der Waals surface area contributed by atoms with E-state index in [4.69, 9.17) is 4.42 Å². The molecular formula is C11H14N4O3S. The van der Waals surface area contributed by atoms with Gasteiger partial charge in [-0.3, -0.25) is 9.48 Å². The first-order valence-electron chi connectivity index (χ1n) is 5.64. The van der Waals surface area contributed by atoms with Crippen LogP contribution >= 0.6 is 11.8 Å². The minimum atomic E-state index is -0.255. The van der Waals surface area contributed by atoms with Crippen LogP contribution in [-0.4, -0.2) is 38.8 Å². The summed E-state index contributed by atoms with van der Waals surface area (Å²) < 4.78 is 11.7. The third-order valence-electron chi connectivity index (χ3n) is 2.39. The Bertz CT molecular complexity index is 578. The zero-order valence-corrected chi connectivity index (χ0v) is 11.7. The first kappa shape index (κ1) is 13.6. The molecule has 2 rings (SSSR count). The Balaban J connectivity index is 1.99. The fourth-order valence-electron chi connectivity index (χ4n) is 1.51. The second kappa shape index (κ2) is 5.87. The van der Waals surface area contributed by atoms with Gasteiger partial charge < -0.3 is 9.15 Å². The lowest BCUT2D eigenvalue weighted by Crippen LogP contribution is -2.00. The summed E-state index contributed by atoms with van der Waals surface area (Å²) in [6, 6.07) is 1.87. The van der Waals surface area contributed by atoms with Crippen molar-refractivity contribution in [3.05, 3.63) is 11.8 Å². The smallest absolute Gasteiger partial charge is 0.306 e. The molecule has 0 aliphatic rings. The molecule has 0 aromatic carbocycles. The van der Waals surface area contributed by atoms with Crippen LogP contribution in [0.3, 0.4) is 0 Å². The molecule has 0 spiro atoms. The minimum Gasteiger partial charge on any atom is -0.469 e. The van der Waals surface area contributed by atoms with E-state index in [9.17, 15) is 4.79 Å². The van der Waals surface area contributed by atoms with Gasteiger partial charge in [0, 0.05) is 12.8 Å². The Morgan fingerprint density at radius 3 is 2.95 bits per heavy atom. The molecule has 0 radical (unpaired) electrons. The molecule has 0 N–H and O–H groups in total. The van der Waals surface area contributed by atoms with Crippen molar-refractivity contribution in [2.45, 2.75) is 18.6 Å². The average molecular weight is 282 g/mol. The number of hydrogen-bond acceptors (Lipinski definition) is 7. The molecule has 7 nitrogen and oxygen atoms in total. The molecule has 0 aliphatic carbocycles. The van der Waals surface area contributed by atoms with E-state index in [0.29, 0.717) is 23.3 Å². The van der Waals surface area contributed by atoms with Crippen LogP contribution in [0.25, 0.3) is 11.6 Å². The highest BCUT2D eigenvalue weighted by molar-refractivity contribution is 7.99. The molecule has 0 amide bonds. The quantitative estimate of drug-likeness (QED) is 0.606. The number of carbonyl (C=O) groups is 1. The summed E-state index contributed by atoms with van der Waals surface area (Å²) in [4.78, 5) is 11.0. The predicted octanol–water partition coefficient (Wildman–Crippen LogP) is 1.43. The van der Waals surface area contributed by atoms with E-state index in [2.05, 4.69) is 20.0 Å². The van der Waals surface area contributed by atoms with E-state index in [-0.39, 0.29) is 5.97 Å². The molecule has 0 fully saturated rings. The number of rotatable bonds is 5. The highest BCUT2D eigenvalue weighted by Gasteiger charge is 2.13. The number of hydrogen-bond donors (Lipinski definition) is 0. The van der Waals surface area contributed by atoms with Crippen molar-refractivity contribution in [3.63, 3.8) is 0 Å². The molecule has 0 saturated heterocycles. The maximum atomic E-state index is 11.0. The Morgan fingerprint density at radius 1 is 1.53 bits per heavy atom. The molecule has 19 heavy (non-hydrogen) atoms. The van der Waals surface area contributed by atoms with Gasteiger partial charge in [0.15, 0.2) is 0 Å². The fourth-order valence-corrected chi connectivity index (χ4v) is 2.19. The molecule has 0 atom stereocenters. The number of thioether (sulfide) groups is 1. The van der Waals surface area contributed by atoms with Crippen molar-refractivity contribution >= 4 is 17.7 Å². The zero-order valence-electron chi connectivity index (χ0n) is 10.9. The third kappa shape index (κ3) is 3.34. The first-order chi connectivity index (χ1) is 9.10. The summed E-state index contributed by atoms with van der Waals surface area (Å²) >= 11 is 1.32. The zero-order chi connectivity index (χ0) is 13.8. The third-order valence-corrected chi connectivity index (χ3v) is 3.21. The van der Waals surface area contributed by atoms with Gasteiger partial charge >= 0.3 is 5.97 Å². The second-order valence-electron chi connectivity index (χ2n) is 3.84. The van der Waals surface area contributed by atoms with Crippen LogP contribution in [0.2, 0.25) is 0 Å². The molecule has 0 aliphatic heterocycles. The summed E-state index contributed by atoms with van der Waals surface area (Å²) in [6.45, 7) is 1.89. The van der Waals surface area contributed by atoms with E-state index < -0.39 is 0 Å². The first-order valence-corrected chi connectivity index (χ1v) is 6.63. The van der Waals surface area contributed by atoms with Crippen LogP contribution < -0.4 is 0 Å². The molecule has 2 heterocycles. The number of aryl methyl sites for hydroxylation is 2. The van der Waals surface area contributed by atoms with E-state index in [0.717, 1.165) is 11.4 Å². The Hall–Kier alpha value is -1.83. The van der Waals surface area contributed by atoms with Gasteiger partial charge in [-0.05, 0) is 13.0 Å². The standard InChI is InChI=1S/C11H14N4O3S/c1-7-6-8(15(2)14-7)10-12-13-11(18-10)19-5-4-9(16)17-3/h6H,4-5H2,1-3H3. The monoisotopic (exact) mass is 282 g/mol. The maximum Gasteiger partial charge on any atom is 0.306 e. The predicted molar refractivity (Wildman–Crippen MR) is 68.6 cm³/mol. The molecule has 2 aromatic rings. The number of nitrogens with zero attached hydrogens (tertiary/aromatic N) is 4. The lowest BCUT2D eigenvalue weighted by atomic mass is 10.4. The molecule has 0 saturated carbocycles. The van der Waals surface area contributed by atoms with Crippen molar-refractivity contribution in [1.29, 1.82) is 0 Å². The van der Waals surface area contributed by atoms with Crippen molar-refractivity contribution in [2.75, 3.05) is 12.9 Å². The minimum absolute atomic E-state index is 0.255. The van der Waals surface area contributed by atoms with Gasteiger partial charge in [-0.15, -0.1) is 10.2 Å². The maximum absolute atomic E-state index is 11.0. The highest BCUT2D eigenvalue weighted by atomic mass is 32.2. The summed E-state index contributed by atoms with van der Waals surface area (Å²) in [5, 5.41) is 12.5. The normalized spacial score (nSPS) is 10.7. The Morgan fingerprint density at radius 2 is 2.32 bits per heavy atom. The number of aromatic nitrogens is 4. The molecule has 8 heteroatoms. The van der Waals surface area contributed by atoms with Crippen molar-refractivity contribution in [3.8, 4) is 11.6 Å². The highest BCUT2D eigenvalue weighted by Crippen LogP contribution is 2.23. The van der Waals surface area contributed by atoms with E-state index in [1.54, 1.807) is 4.68 Å². The summed E-state index contributed by atoms with van der Waals surface area (Å²) in [6.07, 6.45) is 0.309. The lowest BCUT2D eigenvalue weighted by Gasteiger charge is -1.96. The lowest BCUT2D eigenvalue weighted by molar-refractivity contribution is -0.140. The van der Waals surface area contributed by atoms with Crippen molar-refractivity contribution in [2.24, 2.45) is 7.05 Å². The van der Waals surface area contributed by atoms with Crippen LogP contribution in [0.15, 0.2) is 15.7 Å². The molecule has 102 valence electrons. The van der Waals surface area contributed by atoms with E-state index in [1.807, 2.05) is 20.0 Å². The van der Waals surface area contributed by atoms with Crippen LogP contribution in [0, 0.1) is 6.92 Å². The summed E-state index contributed by atoms with van der Waals surface area (Å²) in [5.74, 6) is 0.705. The van der Waals surface area contributed by atoms with Gasteiger partial charge in [0.2, 0.25) is 0 Å². The Labute approximate surface area is 114 Å². The van der Waals surface area contributed by atoms with Crippen molar-refractivity contribution < 1.29 is 13.9 Å². The van der Waals surface area contributed by atoms with Gasteiger partial charge in [0.05, 0.1) is 19.2 Å². The number of ether oxygens (including phenoxy) is 1. The summed E-state index contributed by atoms with van der Waals surface area (Å²) in [7, 11) is 3.18. The van der Waals surface area contributed by atoms with Gasteiger partial charge in [-0.1, -0.05) is 11.8 Å². The topological polar surface area (TPSA) is 83.0 Å². The number of carbonyl (C=O) groups excluding carboxylic acids is 1. The van der Waals surface area contributed by atoms with E-state index in [1.165, 1.54) is 18.9 Å². The van der Waals surface area contributed by atoms with Gasteiger partial charge in [0.1, 0.15) is 5.69 Å². The van der Waals surface area contributed by atoms with Crippen molar-refractivity contribution in [1.82, 2.24) is 20.0 Å². The summed E-state index contributed by atoms with van der Waals surface area (Å²) in [5.41, 5.74) is 1.65. The molecular weight excluding hydrogens is 268 g/mol. The number of methoxy groups -OCH3 is 1. The van der Waals surface area contributed by atoms with E-state index >= 15 is 0 Å². The Kier molecular flexibility index (Phi) is 4.20. The van der Waals surface area contributed by atoms with Gasteiger partial charge in [-0.2, -0.15) is 5.10 Å². The van der Waals surface area contributed by atoms with Crippen LogP contribution in [-0.2, 0) is 16.6 Å². The van der Waals surface area contributed by atoms with Gasteiger partial charge in [0.25, 0.3) is 11.1 Å². The molecule has 0 bridgehead atoms. The van der Waals surface area contributed by atoms with Crippen LogP contribution in [0.1, 0.15) is 12.1 Å². The second-order valence-corrected chi connectivity index (χ2v) is 4.89. The average Bonchev–Trinajstić information content (AvgIpc) is 2.95. The largest absolute Gasteiger partial charge is 0.469 e. The molecule has 0 unspecified atom stereocenters. The van der Waals surface area contributed by atoms with Gasteiger partial charge in [-0.25, -0.2) is 0 Å². The molecule has 2 aromatic heterocycles. The number of esters is 1. The SMILES string of the molecule is COC(=O)CCSc1nnc(-c2cc(C)nn2C)o1. The fraction of sp³-hybridized carbons (Fsp3) is 0.455. The van der Waals surface area contributed by atoms with Crippen LogP contribution in [0.5, 0.6) is 0 Å².